The number of anilines is 1. The highest BCUT2D eigenvalue weighted by molar-refractivity contribution is 6.18. The Hall–Kier alpha value is -5.02. The summed E-state index contributed by atoms with van der Waals surface area (Å²) in [4.78, 5) is 31.6. The van der Waals surface area contributed by atoms with Gasteiger partial charge < -0.3 is 15.4 Å². The zero-order valence-electron chi connectivity index (χ0n) is 26.7. The summed E-state index contributed by atoms with van der Waals surface area (Å²) >= 11 is 0. The SMILES string of the molecule is C=C1C(=O)C(N2CCCC3(CN(Cc4ccc(-n5c(-c6cccnc6N)nc6ccc(C(/C=C\C)=C/C)nc65)cc4)C3)C2)=C1OC. The van der Waals surface area contributed by atoms with Gasteiger partial charge >= 0.3 is 0 Å². The molecular weight excluding hydrogens is 574 g/mol. The van der Waals surface area contributed by atoms with Gasteiger partial charge in [0.2, 0.25) is 5.78 Å². The van der Waals surface area contributed by atoms with E-state index in [9.17, 15) is 4.79 Å². The number of allylic oxidation sites excluding steroid dienone is 6. The monoisotopic (exact) mass is 613 g/mol. The minimum Gasteiger partial charge on any atom is -0.494 e. The van der Waals surface area contributed by atoms with Crippen LogP contribution in [0.2, 0.25) is 0 Å². The van der Waals surface area contributed by atoms with Crippen LogP contribution in [0.5, 0.6) is 0 Å². The number of methoxy groups -OCH3 is 1. The number of carbonyl (C=O) groups excluding carboxylic acids is 1. The molecule has 234 valence electrons. The number of pyridine rings is 2. The number of Topliss-reactive ketones (excluding diaryl/α,β-unsaturated/α-hetero) is 1. The first-order valence-corrected chi connectivity index (χ1v) is 15.8. The van der Waals surface area contributed by atoms with E-state index in [1.165, 1.54) is 12.0 Å². The van der Waals surface area contributed by atoms with Gasteiger partial charge in [-0.1, -0.05) is 36.9 Å². The summed E-state index contributed by atoms with van der Waals surface area (Å²) in [5.74, 6) is 1.81. The van der Waals surface area contributed by atoms with Gasteiger partial charge in [0, 0.05) is 50.0 Å². The molecule has 0 unspecified atom stereocenters. The average Bonchev–Trinajstić information content (AvgIpc) is 3.44. The number of hydrogen-bond donors (Lipinski definition) is 1. The van der Waals surface area contributed by atoms with Gasteiger partial charge in [-0.05, 0) is 74.2 Å². The molecule has 0 radical (unpaired) electrons. The summed E-state index contributed by atoms with van der Waals surface area (Å²) in [5.41, 5.74) is 14.2. The Balaban J connectivity index is 1.13. The lowest BCUT2D eigenvalue weighted by atomic mass is 9.72. The van der Waals surface area contributed by atoms with E-state index in [4.69, 9.17) is 20.4 Å². The summed E-state index contributed by atoms with van der Waals surface area (Å²) in [6.07, 6.45) is 10.1. The summed E-state index contributed by atoms with van der Waals surface area (Å²) in [6.45, 7) is 12.6. The molecule has 2 saturated heterocycles. The molecule has 2 aliphatic heterocycles. The van der Waals surface area contributed by atoms with Crippen molar-refractivity contribution in [3.63, 3.8) is 0 Å². The van der Waals surface area contributed by atoms with Gasteiger partial charge in [0.15, 0.2) is 17.2 Å². The number of ketones is 1. The molecular formula is C37H39N7O2. The van der Waals surface area contributed by atoms with E-state index in [1.54, 1.807) is 13.3 Å². The molecule has 5 heterocycles. The number of nitrogens with zero attached hydrogens (tertiary/aromatic N) is 6. The topological polar surface area (TPSA) is 102 Å². The Kier molecular flexibility index (Phi) is 7.56. The van der Waals surface area contributed by atoms with Crippen LogP contribution in [0.4, 0.5) is 5.82 Å². The highest BCUT2D eigenvalue weighted by Crippen LogP contribution is 2.43. The van der Waals surface area contributed by atoms with Crippen LogP contribution in [-0.2, 0) is 16.1 Å². The van der Waals surface area contributed by atoms with Crippen molar-refractivity contribution in [2.24, 2.45) is 5.41 Å². The molecule has 0 bridgehead atoms. The Morgan fingerprint density at radius 3 is 2.61 bits per heavy atom. The molecule has 1 aromatic carbocycles. The zero-order valence-corrected chi connectivity index (χ0v) is 26.7. The number of nitrogens with two attached hydrogens (primary N) is 1. The number of benzene rings is 1. The first-order valence-electron chi connectivity index (χ1n) is 15.8. The van der Waals surface area contributed by atoms with Gasteiger partial charge in [-0.15, -0.1) is 0 Å². The third-order valence-electron chi connectivity index (χ3n) is 9.42. The van der Waals surface area contributed by atoms with Crippen LogP contribution in [0.15, 0.2) is 96.6 Å². The quantitative estimate of drug-likeness (QED) is 0.193. The number of fused-ring (bicyclic) bond motifs is 1. The fourth-order valence-electron chi connectivity index (χ4n) is 7.28. The summed E-state index contributed by atoms with van der Waals surface area (Å²) in [7, 11) is 1.62. The maximum Gasteiger partial charge on any atom is 0.216 e. The molecule has 9 heteroatoms. The number of aromatic nitrogens is 4. The number of hydrogen-bond acceptors (Lipinski definition) is 8. The van der Waals surface area contributed by atoms with E-state index in [0.717, 1.165) is 72.8 Å². The maximum absolute atomic E-state index is 12.5. The third-order valence-corrected chi connectivity index (χ3v) is 9.42. The molecule has 0 saturated carbocycles. The van der Waals surface area contributed by atoms with Crippen molar-refractivity contribution < 1.29 is 9.53 Å². The van der Waals surface area contributed by atoms with Gasteiger partial charge in [0.25, 0.3) is 0 Å². The zero-order chi connectivity index (χ0) is 32.0. The van der Waals surface area contributed by atoms with E-state index >= 15 is 0 Å². The second-order valence-corrected chi connectivity index (χ2v) is 12.5. The van der Waals surface area contributed by atoms with Gasteiger partial charge in [-0.3, -0.25) is 14.3 Å². The van der Waals surface area contributed by atoms with Gasteiger partial charge in [-0.25, -0.2) is 15.0 Å². The highest BCUT2D eigenvalue weighted by atomic mass is 16.5. The highest BCUT2D eigenvalue weighted by Gasteiger charge is 2.48. The molecule has 9 nitrogen and oxygen atoms in total. The lowest BCUT2D eigenvalue weighted by Gasteiger charge is -2.56. The van der Waals surface area contributed by atoms with Crippen molar-refractivity contribution in [2.45, 2.75) is 33.2 Å². The number of piperidine rings is 1. The summed E-state index contributed by atoms with van der Waals surface area (Å²) in [5, 5.41) is 0. The summed E-state index contributed by atoms with van der Waals surface area (Å²) < 4.78 is 7.54. The largest absolute Gasteiger partial charge is 0.494 e. The molecule has 7 rings (SSSR count). The second kappa shape index (κ2) is 11.7. The van der Waals surface area contributed by atoms with E-state index in [0.29, 0.717) is 28.7 Å². The Labute approximate surface area is 269 Å². The van der Waals surface area contributed by atoms with E-state index in [1.807, 2.05) is 44.2 Å². The normalized spacial score (nSPS) is 18.5. The van der Waals surface area contributed by atoms with Crippen LogP contribution in [0.25, 0.3) is 33.8 Å². The average molecular weight is 614 g/mol. The fourth-order valence-corrected chi connectivity index (χ4v) is 7.28. The van der Waals surface area contributed by atoms with Crippen LogP contribution in [0.3, 0.4) is 0 Å². The standard InChI is InChI=1S/C37H39N7O2/c1-5-9-26(6-2)29-15-16-30-36(40-29)44(35(41-30)28-10-7-18-39-34(28)38)27-13-11-25(12-14-27)20-42-21-37(22-42)17-8-19-43(23-37)31-32(45)24(3)33(31)46-4/h5-7,9-16,18H,3,8,17,19-23H2,1-2,4H3,(H2,38,39)/b9-5-,26-6+. The van der Waals surface area contributed by atoms with Crippen molar-refractivity contribution in [1.29, 1.82) is 0 Å². The fraction of sp³-hybridized carbons (Fsp3) is 0.297. The van der Waals surface area contributed by atoms with Gasteiger partial charge in [0.1, 0.15) is 17.0 Å². The van der Waals surface area contributed by atoms with Crippen molar-refractivity contribution in [3.8, 4) is 17.1 Å². The molecule has 46 heavy (non-hydrogen) atoms. The Morgan fingerprint density at radius 2 is 1.89 bits per heavy atom. The van der Waals surface area contributed by atoms with E-state index in [2.05, 4.69) is 62.3 Å². The van der Waals surface area contributed by atoms with Crippen LogP contribution in [-0.4, -0.2) is 68.4 Å². The van der Waals surface area contributed by atoms with E-state index < -0.39 is 0 Å². The van der Waals surface area contributed by atoms with Crippen LogP contribution in [0, 0.1) is 5.41 Å². The van der Waals surface area contributed by atoms with Crippen LogP contribution in [0.1, 0.15) is 37.9 Å². The van der Waals surface area contributed by atoms with Crippen LogP contribution < -0.4 is 5.73 Å². The molecule has 2 fully saturated rings. The van der Waals surface area contributed by atoms with E-state index in [-0.39, 0.29) is 11.2 Å². The Bertz CT molecular complexity index is 1940. The molecule has 3 aliphatic rings. The molecule has 0 atom stereocenters. The first-order chi connectivity index (χ1) is 22.3. The second-order valence-electron chi connectivity index (χ2n) is 12.5. The number of likely N-dealkylation sites (tertiary alicyclic amines) is 2. The van der Waals surface area contributed by atoms with Crippen LogP contribution >= 0.6 is 0 Å². The maximum atomic E-state index is 12.5. The number of nitrogen functional groups attached to an aromatic ring is 1. The number of ether oxygens (including phenoxy) is 1. The predicted octanol–water partition coefficient (Wildman–Crippen LogP) is 5.94. The van der Waals surface area contributed by atoms with Gasteiger partial charge in [-0.2, -0.15) is 0 Å². The van der Waals surface area contributed by atoms with Gasteiger partial charge in [0.05, 0.1) is 23.9 Å². The predicted molar refractivity (Wildman–Crippen MR) is 182 cm³/mol. The number of imidazole rings is 1. The summed E-state index contributed by atoms with van der Waals surface area (Å²) in [6, 6.07) is 16.5. The van der Waals surface area contributed by atoms with Crippen molar-refractivity contribution in [2.75, 3.05) is 39.0 Å². The van der Waals surface area contributed by atoms with Crippen molar-refractivity contribution >= 4 is 28.3 Å². The Morgan fingerprint density at radius 1 is 1.09 bits per heavy atom. The minimum absolute atomic E-state index is 0.0247. The van der Waals surface area contributed by atoms with Crippen molar-refractivity contribution in [1.82, 2.24) is 29.3 Å². The van der Waals surface area contributed by atoms with Crippen molar-refractivity contribution in [3.05, 3.63) is 108 Å². The molecule has 0 amide bonds. The third kappa shape index (κ3) is 5.01. The first kappa shape index (κ1) is 29.7. The molecule has 1 aliphatic carbocycles. The number of carbonyl (C=O) groups is 1. The molecule has 3 aromatic heterocycles. The lowest BCUT2D eigenvalue weighted by molar-refractivity contribution is -0.117. The number of rotatable bonds is 8. The molecule has 2 N–H and O–H groups in total. The lowest BCUT2D eigenvalue weighted by Crippen LogP contribution is -2.62. The minimum atomic E-state index is 0.0247. The molecule has 1 spiro atoms. The smallest absolute Gasteiger partial charge is 0.216 e. The molecule has 4 aromatic rings.